The Morgan fingerprint density at radius 2 is 1.68 bits per heavy atom. The van der Waals surface area contributed by atoms with Gasteiger partial charge in [-0.3, -0.25) is 14.8 Å². The molecule has 8 heteroatoms. The molecule has 2 rings (SSSR count). The number of guanidine groups is 1. The van der Waals surface area contributed by atoms with Gasteiger partial charge in [-0.25, -0.2) is 0 Å². The molecule has 1 unspecified atom stereocenters. The van der Waals surface area contributed by atoms with Gasteiger partial charge in [-0.15, -0.1) is 24.0 Å². The van der Waals surface area contributed by atoms with E-state index in [-0.39, 0.29) is 24.0 Å². The van der Waals surface area contributed by atoms with Crippen LogP contribution in [0.4, 0.5) is 0 Å². The summed E-state index contributed by atoms with van der Waals surface area (Å²) in [6.07, 6.45) is 1.08. The molecule has 0 amide bonds. The quantitative estimate of drug-likeness (QED) is 0.235. The van der Waals surface area contributed by atoms with Crippen LogP contribution >= 0.6 is 24.0 Å². The number of halogens is 1. The monoisotopic (exact) mass is 469 g/mol. The fraction of sp³-hybridized carbons (Fsp3) is 0.941. The van der Waals surface area contributed by atoms with Gasteiger partial charge in [0.15, 0.2) is 5.96 Å². The predicted molar refractivity (Wildman–Crippen MR) is 113 cm³/mol. The third-order valence-corrected chi connectivity index (χ3v) is 4.79. The topological polar surface area (TPSA) is 75.3 Å². The molecule has 0 bridgehead atoms. The number of aliphatic imine (C=N–C) groups is 1. The van der Waals surface area contributed by atoms with E-state index in [0.29, 0.717) is 17.9 Å². The smallest absolute Gasteiger partial charge is 0.188 e. The van der Waals surface area contributed by atoms with Crippen molar-refractivity contribution in [3.05, 3.63) is 0 Å². The van der Waals surface area contributed by atoms with E-state index in [2.05, 4.69) is 34.0 Å². The Hall–Kier alpha value is -0.160. The number of rotatable bonds is 8. The SMILES string of the molecule is CC(C)C(CN=C(N)NCCCN1CCOCC1)N1CCOCC1.I. The first kappa shape index (κ1) is 22.9. The second-order valence-corrected chi connectivity index (χ2v) is 6.92. The van der Waals surface area contributed by atoms with Crippen molar-refractivity contribution in [3.63, 3.8) is 0 Å². The lowest BCUT2D eigenvalue weighted by Crippen LogP contribution is -2.48. The van der Waals surface area contributed by atoms with E-state index >= 15 is 0 Å². The molecule has 7 nitrogen and oxygen atoms in total. The number of nitrogens with one attached hydrogen (secondary N) is 1. The maximum atomic E-state index is 6.03. The van der Waals surface area contributed by atoms with Gasteiger partial charge in [0.1, 0.15) is 0 Å². The first-order chi connectivity index (χ1) is 11.7. The van der Waals surface area contributed by atoms with Gasteiger partial charge in [0.2, 0.25) is 0 Å². The molecule has 0 radical (unpaired) electrons. The summed E-state index contributed by atoms with van der Waals surface area (Å²) < 4.78 is 10.8. The van der Waals surface area contributed by atoms with Crippen LogP contribution in [0.5, 0.6) is 0 Å². The van der Waals surface area contributed by atoms with Gasteiger partial charge in [0.25, 0.3) is 0 Å². The van der Waals surface area contributed by atoms with Crippen LogP contribution in [0, 0.1) is 5.92 Å². The number of nitrogens with two attached hydrogens (primary N) is 1. The molecule has 3 N–H and O–H groups in total. The van der Waals surface area contributed by atoms with Crippen molar-refractivity contribution in [2.24, 2.45) is 16.6 Å². The molecular weight excluding hydrogens is 433 g/mol. The Morgan fingerprint density at radius 3 is 2.28 bits per heavy atom. The Bertz CT molecular complexity index is 372. The summed E-state index contributed by atoms with van der Waals surface area (Å²) in [5, 5.41) is 3.25. The highest BCUT2D eigenvalue weighted by Gasteiger charge is 2.23. The van der Waals surface area contributed by atoms with Gasteiger partial charge in [-0.1, -0.05) is 13.8 Å². The van der Waals surface area contributed by atoms with Gasteiger partial charge < -0.3 is 20.5 Å². The minimum absolute atomic E-state index is 0. The minimum Gasteiger partial charge on any atom is -0.379 e. The van der Waals surface area contributed by atoms with Crippen LogP contribution < -0.4 is 11.1 Å². The molecule has 148 valence electrons. The Balaban J connectivity index is 0.00000312. The van der Waals surface area contributed by atoms with Gasteiger partial charge in [-0.2, -0.15) is 0 Å². The zero-order valence-corrected chi connectivity index (χ0v) is 18.1. The largest absolute Gasteiger partial charge is 0.379 e. The summed E-state index contributed by atoms with van der Waals surface area (Å²) in [6.45, 7) is 14.6. The van der Waals surface area contributed by atoms with Crippen LogP contribution in [-0.4, -0.2) is 94.0 Å². The van der Waals surface area contributed by atoms with E-state index in [1.165, 1.54) is 0 Å². The molecule has 2 aliphatic rings. The first-order valence-corrected chi connectivity index (χ1v) is 9.32. The van der Waals surface area contributed by atoms with E-state index in [1.807, 2.05) is 0 Å². The van der Waals surface area contributed by atoms with E-state index < -0.39 is 0 Å². The zero-order valence-electron chi connectivity index (χ0n) is 15.8. The van der Waals surface area contributed by atoms with Crippen LogP contribution in [0.1, 0.15) is 20.3 Å². The average Bonchev–Trinajstić information content (AvgIpc) is 2.60. The third-order valence-electron chi connectivity index (χ3n) is 4.79. The van der Waals surface area contributed by atoms with Crippen LogP contribution in [0.3, 0.4) is 0 Å². The number of morpholine rings is 2. The molecule has 1 atom stereocenters. The highest BCUT2D eigenvalue weighted by molar-refractivity contribution is 14.0. The highest BCUT2D eigenvalue weighted by Crippen LogP contribution is 2.13. The summed E-state index contributed by atoms with van der Waals surface area (Å²) in [4.78, 5) is 9.48. The summed E-state index contributed by atoms with van der Waals surface area (Å²) in [7, 11) is 0. The number of nitrogens with zero attached hydrogens (tertiary/aromatic N) is 3. The van der Waals surface area contributed by atoms with Crippen molar-refractivity contribution in [1.29, 1.82) is 0 Å². The van der Waals surface area contributed by atoms with E-state index in [9.17, 15) is 0 Å². The molecule has 2 fully saturated rings. The normalized spacial score (nSPS) is 21.8. The van der Waals surface area contributed by atoms with Crippen molar-refractivity contribution < 1.29 is 9.47 Å². The molecule has 0 aliphatic carbocycles. The second-order valence-electron chi connectivity index (χ2n) is 6.92. The van der Waals surface area contributed by atoms with Crippen molar-refractivity contribution in [2.45, 2.75) is 26.3 Å². The van der Waals surface area contributed by atoms with Crippen LogP contribution in [0.25, 0.3) is 0 Å². The molecule has 0 aromatic carbocycles. The highest BCUT2D eigenvalue weighted by atomic mass is 127. The Labute approximate surface area is 169 Å². The van der Waals surface area contributed by atoms with Crippen molar-refractivity contribution in [1.82, 2.24) is 15.1 Å². The van der Waals surface area contributed by atoms with Crippen molar-refractivity contribution in [2.75, 3.05) is 72.2 Å². The fourth-order valence-electron chi connectivity index (χ4n) is 3.25. The standard InChI is InChI=1S/C17H35N5O2.HI/c1-15(2)16(22-8-12-24-13-9-22)14-20-17(18)19-4-3-5-21-6-10-23-11-7-21;/h15-16H,3-14H2,1-2H3,(H3,18,19,20);1H. The maximum absolute atomic E-state index is 6.03. The Kier molecular flexibility index (Phi) is 12.0. The van der Waals surface area contributed by atoms with E-state index in [4.69, 9.17) is 15.2 Å². The van der Waals surface area contributed by atoms with Gasteiger partial charge in [0.05, 0.1) is 33.0 Å². The molecular formula is C17H36IN5O2. The molecule has 2 aliphatic heterocycles. The lowest BCUT2D eigenvalue weighted by atomic mass is 10.0. The summed E-state index contributed by atoms with van der Waals surface area (Å²) in [5.41, 5.74) is 6.03. The molecule has 0 spiro atoms. The Morgan fingerprint density at radius 1 is 1.08 bits per heavy atom. The van der Waals surface area contributed by atoms with Gasteiger partial charge in [0, 0.05) is 38.8 Å². The summed E-state index contributed by atoms with van der Waals surface area (Å²) in [5.74, 6) is 1.12. The molecule has 2 saturated heterocycles. The molecule has 2 heterocycles. The second kappa shape index (κ2) is 13.1. The van der Waals surface area contributed by atoms with Gasteiger partial charge in [-0.05, 0) is 18.9 Å². The molecule has 0 aromatic heterocycles. The number of hydrogen-bond acceptors (Lipinski definition) is 5. The fourth-order valence-corrected chi connectivity index (χ4v) is 3.25. The lowest BCUT2D eigenvalue weighted by molar-refractivity contribution is 0.00868. The minimum atomic E-state index is 0. The van der Waals surface area contributed by atoms with Crippen LogP contribution in [0.15, 0.2) is 4.99 Å². The maximum Gasteiger partial charge on any atom is 0.188 e. The van der Waals surface area contributed by atoms with E-state index in [0.717, 1.165) is 78.7 Å². The predicted octanol–water partition coefficient (Wildman–Crippen LogP) is 0.588. The first-order valence-electron chi connectivity index (χ1n) is 9.32. The molecule has 0 aromatic rings. The van der Waals surface area contributed by atoms with Crippen molar-refractivity contribution >= 4 is 29.9 Å². The zero-order chi connectivity index (χ0) is 17.2. The van der Waals surface area contributed by atoms with Crippen LogP contribution in [-0.2, 0) is 9.47 Å². The molecule has 0 saturated carbocycles. The summed E-state index contributed by atoms with van der Waals surface area (Å²) >= 11 is 0. The number of hydrogen-bond donors (Lipinski definition) is 2. The van der Waals surface area contributed by atoms with Crippen LogP contribution in [0.2, 0.25) is 0 Å². The lowest BCUT2D eigenvalue weighted by Gasteiger charge is -2.36. The van der Waals surface area contributed by atoms with Gasteiger partial charge >= 0.3 is 0 Å². The average molecular weight is 469 g/mol. The molecule has 25 heavy (non-hydrogen) atoms. The van der Waals surface area contributed by atoms with E-state index in [1.54, 1.807) is 0 Å². The summed E-state index contributed by atoms with van der Waals surface area (Å²) in [6, 6.07) is 0.433. The van der Waals surface area contributed by atoms with Crippen molar-refractivity contribution in [3.8, 4) is 0 Å². The third kappa shape index (κ3) is 8.85. The number of ether oxygens (including phenoxy) is 2.